The number of ether oxygens (including phenoxy) is 1. The van der Waals surface area contributed by atoms with Crippen LogP contribution in [0.5, 0.6) is 5.75 Å². The molecule has 0 saturated heterocycles. The summed E-state index contributed by atoms with van der Waals surface area (Å²) in [6, 6.07) is 11.5. The van der Waals surface area contributed by atoms with Gasteiger partial charge in [-0.1, -0.05) is 37.1 Å². The fourth-order valence-electron chi connectivity index (χ4n) is 3.10. The van der Waals surface area contributed by atoms with Crippen LogP contribution in [0.1, 0.15) is 32.3 Å². The maximum Gasteiger partial charge on any atom is 0.244 e. The van der Waals surface area contributed by atoms with E-state index in [1.807, 2.05) is 43.3 Å². The molecular formula is C23H24ClNO3. The number of hydrogen-bond donors (Lipinski definition) is 1. The van der Waals surface area contributed by atoms with Gasteiger partial charge < -0.3 is 14.5 Å². The van der Waals surface area contributed by atoms with E-state index in [9.17, 15) is 4.79 Å². The average molecular weight is 398 g/mol. The number of carbonyl (C=O) groups is 1. The molecule has 1 N–H and O–H groups in total. The zero-order valence-electron chi connectivity index (χ0n) is 16.3. The van der Waals surface area contributed by atoms with Gasteiger partial charge in [-0.15, -0.1) is 0 Å². The van der Waals surface area contributed by atoms with E-state index in [4.69, 9.17) is 20.8 Å². The quantitative estimate of drug-likeness (QED) is 0.388. The third-order valence-corrected chi connectivity index (χ3v) is 4.90. The molecule has 0 saturated carbocycles. The van der Waals surface area contributed by atoms with Crippen molar-refractivity contribution in [1.29, 1.82) is 0 Å². The summed E-state index contributed by atoms with van der Waals surface area (Å²) >= 11 is 6.01. The van der Waals surface area contributed by atoms with Crippen LogP contribution in [0.3, 0.4) is 0 Å². The summed E-state index contributed by atoms with van der Waals surface area (Å²) in [7, 11) is 1.61. The van der Waals surface area contributed by atoms with Gasteiger partial charge in [0.25, 0.3) is 0 Å². The minimum absolute atomic E-state index is 0.0989. The van der Waals surface area contributed by atoms with Crippen LogP contribution in [0, 0.1) is 0 Å². The van der Waals surface area contributed by atoms with Gasteiger partial charge in [-0.3, -0.25) is 4.79 Å². The second-order valence-corrected chi connectivity index (χ2v) is 7.11. The van der Waals surface area contributed by atoms with Gasteiger partial charge in [-0.25, -0.2) is 0 Å². The Morgan fingerprint density at radius 1 is 1.25 bits per heavy atom. The van der Waals surface area contributed by atoms with Crippen molar-refractivity contribution < 1.29 is 13.9 Å². The Hall–Kier alpha value is -2.72. The van der Waals surface area contributed by atoms with Crippen molar-refractivity contribution in [3.05, 3.63) is 59.3 Å². The number of benzene rings is 2. The molecule has 0 bridgehead atoms. The van der Waals surface area contributed by atoms with Gasteiger partial charge in [0.1, 0.15) is 11.3 Å². The highest BCUT2D eigenvalue weighted by Gasteiger charge is 2.15. The van der Waals surface area contributed by atoms with E-state index in [0.717, 1.165) is 46.1 Å². The molecule has 146 valence electrons. The SMILES string of the molecule is CCCCNC(=O)/C=C(\C)c1cc2c(-c3ccc(Cl)cc3)coc2cc1OC. The minimum Gasteiger partial charge on any atom is -0.496 e. The van der Waals surface area contributed by atoms with Gasteiger partial charge in [0.2, 0.25) is 5.91 Å². The third-order valence-electron chi connectivity index (χ3n) is 4.65. The predicted molar refractivity (Wildman–Crippen MR) is 115 cm³/mol. The Morgan fingerprint density at radius 2 is 2.00 bits per heavy atom. The second-order valence-electron chi connectivity index (χ2n) is 6.68. The molecule has 0 radical (unpaired) electrons. The molecule has 0 fully saturated rings. The van der Waals surface area contributed by atoms with E-state index in [2.05, 4.69) is 12.2 Å². The first kappa shape index (κ1) is 20.0. The highest BCUT2D eigenvalue weighted by Crippen LogP contribution is 2.37. The largest absolute Gasteiger partial charge is 0.496 e. The van der Waals surface area contributed by atoms with Crippen molar-refractivity contribution in [3.63, 3.8) is 0 Å². The molecule has 1 amide bonds. The van der Waals surface area contributed by atoms with Crippen molar-refractivity contribution in [2.45, 2.75) is 26.7 Å². The lowest BCUT2D eigenvalue weighted by atomic mass is 9.99. The van der Waals surface area contributed by atoms with Crippen LogP contribution in [0.4, 0.5) is 0 Å². The molecule has 0 aliphatic rings. The number of carbonyl (C=O) groups excluding carboxylic acids is 1. The van der Waals surface area contributed by atoms with E-state index in [0.29, 0.717) is 17.3 Å². The molecule has 0 unspecified atom stereocenters. The van der Waals surface area contributed by atoms with Gasteiger partial charge >= 0.3 is 0 Å². The van der Waals surface area contributed by atoms with Crippen LogP contribution in [0.15, 0.2) is 53.2 Å². The number of fused-ring (bicyclic) bond motifs is 1. The molecule has 28 heavy (non-hydrogen) atoms. The first-order valence-corrected chi connectivity index (χ1v) is 9.73. The van der Waals surface area contributed by atoms with Gasteiger partial charge in [-0.05, 0) is 42.7 Å². The Bertz CT molecular complexity index is 1000. The zero-order chi connectivity index (χ0) is 20.1. The number of halogens is 1. The highest BCUT2D eigenvalue weighted by molar-refractivity contribution is 6.30. The zero-order valence-corrected chi connectivity index (χ0v) is 17.1. The Labute approximate surface area is 170 Å². The first-order valence-electron chi connectivity index (χ1n) is 9.35. The summed E-state index contributed by atoms with van der Waals surface area (Å²) in [5, 5.41) is 4.55. The van der Waals surface area contributed by atoms with Crippen molar-refractivity contribution in [2.24, 2.45) is 0 Å². The number of hydrogen-bond acceptors (Lipinski definition) is 3. The van der Waals surface area contributed by atoms with Crippen molar-refractivity contribution in [3.8, 4) is 16.9 Å². The topological polar surface area (TPSA) is 51.5 Å². The van der Waals surface area contributed by atoms with Gasteiger partial charge in [0.15, 0.2) is 0 Å². The number of rotatable bonds is 7. The standard InChI is InChI=1S/C23H24ClNO3/c1-4-5-10-25-23(26)11-15(2)18-12-19-20(16-6-8-17(24)9-7-16)14-28-22(19)13-21(18)27-3/h6-9,11-14H,4-5,10H2,1-3H3,(H,25,26)/b15-11+. The summed E-state index contributed by atoms with van der Waals surface area (Å²) in [5.74, 6) is 0.567. The monoisotopic (exact) mass is 397 g/mol. The normalized spacial score (nSPS) is 11.6. The molecule has 2 aromatic carbocycles. The molecule has 0 aliphatic carbocycles. The number of allylic oxidation sites excluding steroid dienone is 1. The number of unbranched alkanes of at least 4 members (excludes halogenated alkanes) is 1. The van der Waals surface area contributed by atoms with E-state index in [1.54, 1.807) is 19.4 Å². The molecule has 3 aromatic rings. The third kappa shape index (κ3) is 4.39. The summed E-state index contributed by atoms with van der Waals surface area (Å²) in [5.41, 5.74) is 4.40. The van der Waals surface area contributed by atoms with Crippen LogP contribution in [0.2, 0.25) is 5.02 Å². The van der Waals surface area contributed by atoms with E-state index in [-0.39, 0.29) is 5.91 Å². The van der Waals surface area contributed by atoms with E-state index in [1.165, 1.54) is 0 Å². The molecule has 0 spiro atoms. The molecule has 0 aliphatic heterocycles. The molecule has 1 aromatic heterocycles. The maximum absolute atomic E-state index is 12.2. The molecular weight excluding hydrogens is 374 g/mol. The Kier molecular flexibility index (Phi) is 6.42. The molecule has 0 atom stereocenters. The number of methoxy groups -OCH3 is 1. The fourth-order valence-corrected chi connectivity index (χ4v) is 3.22. The Balaban J connectivity index is 2.00. The molecule has 4 nitrogen and oxygen atoms in total. The average Bonchev–Trinajstić information content (AvgIpc) is 3.10. The summed E-state index contributed by atoms with van der Waals surface area (Å²) < 4.78 is 11.3. The summed E-state index contributed by atoms with van der Waals surface area (Å²) in [6.45, 7) is 4.68. The number of nitrogens with one attached hydrogen (secondary N) is 1. The van der Waals surface area contributed by atoms with Gasteiger partial charge in [0, 0.05) is 40.2 Å². The van der Waals surface area contributed by atoms with E-state index >= 15 is 0 Å². The minimum atomic E-state index is -0.0989. The van der Waals surface area contributed by atoms with Crippen LogP contribution in [-0.2, 0) is 4.79 Å². The van der Waals surface area contributed by atoms with Crippen molar-refractivity contribution >= 4 is 34.1 Å². The first-order chi connectivity index (χ1) is 13.5. The Morgan fingerprint density at radius 3 is 2.68 bits per heavy atom. The predicted octanol–water partition coefficient (Wildman–Crippen LogP) is 6.08. The number of amides is 1. The van der Waals surface area contributed by atoms with Gasteiger partial charge in [-0.2, -0.15) is 0 Å². The number of furan rings is 1. The summed E-state index contributed by atoms with van der Waals surface area (Å²) in [4.78, 5) is 12.2. The second kappa shape index (κ2) is 8.98. The summed E-state index contributed by atoms with van der Waals surface area (Å²) in [6.07, 6.45) is 5.35. The highest BCUT2D eigenvalue weighted by atomic mass is 35.5. The van der Waals surface area contributed by atoms with E-state index < -0.39 is 0 Å². The van der Waals surface area contributed by atoms with Crippen molar-refractivity contribution in [1.82, 2.24) is 5.32 Å². The molecule has 1 heterocycles. The molecule has 3 rings (SSSR count). The fraction of sp³-hybridized carbons (Fsp3) is 0.261. The lowest BCUT2D eigenvalue weighted by molar-refractivity contribution is -0.116. The van der Waals surface area contributed by atoms with Crippen LogP contribution >= 0.6 is 11.6 Å². The van der Waals surface area contributed by atoms with Gasteiger partial charge in [0.05, 0.1) is 13.4 Å². The van der Waals surface area contributed by atoms with Crippen LogP contribution < -0.4 is 10.1 Å². The van der Waals surface area contributed by atoms with Crippen LogP contribution in [0.25, 0.3) is 27.7 Å². The molecule has 5 heteroatoms. The smallest absolute Gasteiger partial charge is 0.244 e. The lowest BCUT2D eigenvalue weighted by Gasteiger charge is -2.10. The van der Waals surface area contributed by atoms with Crippen molar-refractivity contribution in [2.75, 3.05) is 13.7 Å². The lowest BCUT2D eigenvalue weighted by Crippen LogP contribution is -2.22. The van der Waals surface area contributed by atoms with Crippen LogP contribution in [-0.4, -0.2) is 19.6 Å². The maximum atomic E-state index is 12.2.